The van der Waals surface area contributed by atoms with Crippen molar-refractivity contribution in [2.24, 2.45) is 5.92 Å². The minimum absolute atomic E-state index is 0.440. The van der Waals surface area contributed by atoms with E-state index in [1.807, 2.05) is 0 Å². The third-order valence-corrected chi connectivity index (χ3v) is 3.13. The maximum absolute atomic E-state index is 6.03. The van der Waals surface area contributed by atoms with Crippen LogP contribution in [0.15, 0.2) is 0 Å². The van der Waals surface area contributed by atoms with Crippen molar-refractivity contribution in [3.8, 4) is 0 Å². The summed E-state index contributed by atoms with van der Waals surface area (Å²) in [7, 11) is 1.74. The van der Waals surface area contributed by atoms with Gasteiger partial charge in [-0.15, -0.1) is 11.6 Å². The van der Waals surface area contributed by atoms with E-state index in [9.17, 15) is 0 Å². The number of hydrogen-bond acceptors (Lipinski definition) is 2. The van der Waals surface area contributed by atoms with Crippen molar-refractivity contribution in [1.29, 1.82) is 0 Å². The highest BCUT2D eigenvalue weighted by Crippen LogP contribution is 2.26. The van der Waals surface area contributed by atoms with E-state index >= 15 is 0 Å². The number of ether oxygens (including phenoxy) is 1. The third kappa shape index (κ3) is 4.84. The first-order valence-electron chi connectivity index (χ1n) is 5.16. The molecule has 1 N–H and O–H groups in total. The van der Waals surface area contributed by atoms with Crippen molar-refractivity contribution >= 4 is 11.6 Å². The topological polar surface area (TPSA) is 21.3 Å². The molecule has 2 nitrogen and oxygen atoms in total. The second kappa shape index (κ2) is 6.63. The van der Waals surface area contributed by atoms with Crippen LogP contribution in [0.1, 0.15) is 25.7 Å². The highest BCUT2D eigenvalue weighted by molar-refractivity contribution is 6.20. The van der Waals surface area contributed by atoms with E-state index in [1.54, 1.807) is 7.11 Å². The smallest absolute Gasteiger partial charge is 0.0587 e. The molecule has 0 aromatic carbocycles. The van der Waals surface area contributed by atoms with E-state index < -0.39 is 0 Å². The number of methoxy groups -OCH3 is 1. The van der Waals surface area contributed by atoms with Gasteiger partial charge in [-0.1, -0.05) is 0 Å². The Hall–Kier alpha value is 0.210. The molecule has 1 fully saturated rings. The van der Waals surface area contributed by atoms with Crippen molar-refractivity contribution < 1.29 is 4.74 Å². The molecule has 1 rings (SSSR count). The predicted octanol–water partition coefficient (Wildman–Crippen LogP) is 2.02. The van der Waals surface area contributed by atoms with Crippen LogP contribution in [0.25, 0.3) is 0 Å². The summed E-state index contributed by atoms with van der Waals surface area (Å²) >= 11 is 6.03. The first-order valence-corrected chi connectivity index (χ1v) is 5.60. The number of nitrogens with one attached hydrogen (secondary N) is 1. The van der Waals surface area contributed by atoms with Gasteiger partial charge in [-0.05, 0) is 38.1 Å². The number of halogens is 1. The highest BCUT2D eigenvalue weighted by atomic mass is 35.5. The molecule has 0 spiro atoms. The van der Waals surface area contributed by atoms with Gasteiger partial charge in [0.05, 0.1) is 6.61 Å². The van der Waals surface area contributed by atoms with Gasteiger partial charge >= 0.3 is 0 Å². The van der Waals surface area contributed by atoms with E-state index in [-0.39, 0.29) is 0 Å². The fourth-order valence-corrected chi connectivity index (χ4v) is 2.06. The lowest BCUT2D eigenvalue weighted by Crippen LogP contribution is -2.28. The molecule has 0 heterocycles. The van der Waals surface area contributed by atoms with E-state index in [0.29, 0.717) is 5.38 Å². The van der Waals surface area contributed by atoms with Crippen molar-refractivity contribution in [2.45, 2.75) is 31.1 Å². The Morgan fingerprint density at radius 3 is 2.62 bits per heavy atom. The van der Waals surface area contributed by atoms with Crippen LogP contribution < -0.4 is 5.32 Å². The zero-order valence-corrected chi connectivity index (χ0v) is 9.15. The molecule has 13 heavy (non-hydrogen) atoms. The summed E-state index contributed by atoms with van der Waals surface area (Å²) in [5.74, 6) is 0.840. The molecule has 0 aromatic rings. The van der Waals surface area contributed by atoms with Gasteiger partial charge < -0.3 is 10.1 Å². The van der Waals surface area contributed by atoms with Gasteiger partial charge in [0.2, 0.25) is 0 Å². The van der Waals surface area contributed by atoms with E-state index in [0.717, 1.165) is 25.6 Å². The Morgan fingerprint density at radius 2 is 2.00 bits per heavy atom. The lowest BCUT2D eigenvalue weighted by molar-refractivity contribution is 0.196. The van der Waals surface area contributed by atoms with Crippen molar-refractivity contribution in [3.05, 3.63) is 0 Å². The second-order valence-electron chi connectivity index (χ2n) is 3.81. The van der Waals surface area contributed by atoms with Crippen LogP contribution in [-0.4, -0.2) is 32.2 Å². The molecular formula is C10H20ClNO. The standard InChI is InChI=1S/C10H20ClNO/c1-13-7-6-12-8-9-2-4-10(11)5-3-9/h9-10,12H,2-8H2,1H3. The first-order chi connectivity index (χ1) is 6.33. The van der Waals surface area contributed by atoms with E-state index in [4.69, 9.17) is 16.3 Å². The molecule has 0 amide bonds. The normalized spacial score (nSPS) is 29.1. The van der Waals surface area contributed by atoms with Crippen LogP contribution in [0, 0.1) is 5.92 Å². The molecule has 1 aliphatic carbocycles. The molecule has 78 valence electrons. The Labute approximate surface area is 86.0 Å². The van der Waals surface area contributed by atoms with Gasteiger partial charge in [-0.25, -0.2) is 0 Å². The Kier molecular flexibility index (Phi) is 5.76. The zero-order valence-electron chi connectivity index (χ0n) is 8.39. The number of hydrogen-bond donors (Lipinski definition) is 1. The summed E-state index contributed by atoms with van der Waals surface area (Å²) in [4.78, 5) is 0. The second-order valence-corrected chi connectivity index (χ2v) is 4.43. The highest BCUT2D eigenvalue weighted by Gasteiger charge is 2.18. The molecule has 0 bridgehead atoms. The van der Waals surface area contributed by atoms with Gasteiger partial charge in [-0.3, -0.25) is 0 Å². The van der Waals surface area contributed by atoms with Crippen molar-refractivity contribution in [3.63, 3.8) is 0 Å². The van der Waals surface area contributed by atoms with Crippen molar-refractivity contribution in [2.75, 3.05) is 26.8 Å². The molecule has 1 aliphatic rings. The van der Waals surface area contributed by atoms with E-state index in [1.165, 1.54) is 25.7 Å². The number of rotatable bonds is 5. The Morgan fingerprint density at radius 1 is 1.31 bits per heavy atom. The average Bonchev–Trinajstić information content (AvgIpc) is 2.15. The largest absolute Gasteiger partial charge is 0.383 e. The maximum Gasteiger partial charge on any atom is 0.0587 e. The molecule has 0 aromatic heterocycles. The maximum atomic E-state index is 6.03. The predicted molar refractivity (Wildman–Crippen MR) is 56.3 cm³/mol. The monoisotopic (exact) mass is 205 g/mol. The van der Waals surface area contributed by atoms with Gasteiger partial charge in [0, 0.05) is 19.0 Å². The minimum Gasteiger partial charge on any atom is -0.383 e. The molecule has 1 saturated carbocycles. The van der Waals surface area contributed by atoms with Gasteiger partial charge in [0.1, 0.15) is 0 Å². The fraction of sp³-hybridized carbons (Fsp3) is 1.00. The summed E-state index contributed by atoms with van der Waals surface area (Å²) in [6, 6.07) is 0. The molecule has 0 saturated heterocycles. The lowest BCUT2D eigenvalue weighted by Gasteiger charge is -2.25. The van der Waals surface area contributed by atoms with Crippen LogP contribution in [0.2, 0.25) is 0 Å². The minimum atomic E-state index is 0.440. The van der Waals surface area contributed by atoms with Gasteiger partial charge in [-0.2, -0.15) is 0 Å². The molecule has 0 aliphatic heterocycles. The summed E-state index contributed by atoms with van der Waals surface area (Å²) < 4.78 is 4.96. The molecule has 3 heteroatoms. The van der Waals surface area contributed by atoms with Crippen LogP contribution in [0.3, 0.4) is 0 Å². The Balaban J connectivity index is 1.96. The number of alkyl halides is 1. The molecular weight excluding hydrogens is 186 g/mol. The van der Waals surface area contributed by atoms with Crippen LogP contribution in [0.4, 0.5) is 0 Å². The summed E-state index contributed by atoms with van der Waals surface area (Å²) in [6.07, 6.45) is 4.96. The summed E-state index contributed by atoms with van der Waals surface area (Å²) in [5.41, 5.74) is 0. The lowest BCUT2D eigenvalue weighted by atomic mass is 9.89. The third-order valence-electron chi connectivity index (χ3n) is 2.69. The molecule has 0 unspecified atom stereocenters. The molecule has 0 radical (unpaired) electrons. The SMILES string of the molecule is COCCNCC1CCC(Cl)CC1. The van der Waals surface area contributed by atoms with Gasteiger partial charge in [0.15, 0.2) is 0 Å². The van der Waals surface area contributed by atoms with E-state index in [2.05, 4.69) is 5.32 Å². The summed E-state index contributed by atoms with van der Waals surface area (Å²) in [5, 5.41) is 3.84. The van der Waals surface area contributed by atoms with Crippen molar-refractivity contribution in [1.82, 2.24) is 5.32 Å². The van der Waals surface area contributed by atoms with Crippen LogP contribution in [0.5, 0.6) is 0 Å². The Bertz CT molecular complexity index is 124. The fourth-order valence-electron chi connectivity index (χ4n) is 1.81. The quantitative estimate of drug-likeness (QED) is 0.548. The zero-order chi connectivity index (χ0) is 9.52. The first kappa shape index (κ1) is 11.3. The molecule has 0 atom stereocenters. The van der Waals surface area contributed by atoms with Crippen LogP contribution in [-0.2, 0) is 4.74 Å². The average molecular weight is 206 g/mol. The van der Waals surface area contributed by atoms with Crippen LogP contribution >= 0.6 is 11.6 Å². The summed E-state index contributed by atoms with van der Waals surface area (Å²) in [6.45, 7) is 2.91. The van der Waals surface area contributed by atoms with Gasteiger partial charge in [0.25, 0.3) is 0 Å².